The van der Waals surface area contributed by atoms with Crippen molar-refractivity contribution in [3.8, 4) is 5.75 Å². The zero-order valence-electron chi connectivity index (χ0n) is 13.4. The maximum absolute atomic E-state index is 13.4. The van der Waals surface area contributed by atoms with E-state index in [1.165, 1.54) is 12.3 Å². The van der Waals surface area contributed by atoms with Crippen LogP contribution in [0.5, 0.6) is 5.75 Å². The number of allylic oxidation sites excluding steroid dienone is 1. The Kier molecular flexibility index (Phi) is 6.49. The van der Waals surface area contributed by atoms with E-state index in [-0.39, 0.29) is 11.5 Å². The Morgan fingerprint density at radius 3 is 2.62 bits per heavy atom. The Morgan fingerprint density at radius 2 is 1.92 bits per heavy atom. The molecule has 0 aromatic heterocycles. The fraction of sp³-hybridized carbons (Fsp3) is 0.211. The van der Waals surface area contributed by atoms with Gasteiger partial charge < -0.3 is 10.1 Å². The summed E-state index contributed by atoms with van der Waals surface area (Å²) < 4.78 is 32.0. The van der Waals surface area contributed by atoms with Crippen molar-refractivity contribution in [2.45, 2.75) is 19.8 Å². The van der Waals surface area contributed by atoms with Gasteiger partial charge in [-0.15, -0.1) is 0 Å². The van der Waals surface area contributed by atoms with Crippen molar-refractivity contribution < 1.29 is 18.3 Å². The van der Waals surface area contributed by atoms with Gasteiger partial charge in [0, 0.05) is 23.9 Å². The normalized spacial score (nSPS) is 10.8. The second-order valence-electron chi connectivity index (χ2n) is 5.19. The number of halogens is 2. The molecule has 0 fully saturated rings. The summed E-state index contributed by atoms with van der Waals surface area (Å²) in [5, 5.41) is 2.56. The van der Waals surface area contributed by atoms with Crippen LogP contribution in [0.25, 0.3) is 0 Å². The number of nitrogens with one attached hydrogen (secondary N) is 1. The topological polar surface area (TPSA) is 38.3 Å². The summed E-state index contributed by atoms with van der Waals surface area (Å²) in [7, 11) is 0. The highest BCUT2D eigenvalue weighted by Crippen LogP contribution is 2.16. The summed E-state index contributed by atoms with van der Waals surface area (Å²) >= 11 is 0. The average molecular weight is 331 g/mol. The third-order valence-electron chi connectivity index (χ3n) is 3.31. The highest BCUT2D eigenvalue weighted by atomic mass is 19.1. The SMILES string of the molecule is CCCCOc1ccc(C(=O)/C=C/Nc2cc(F)ccc2F)cc1. The minimum atomic E-state index is -0.595. The molecule has 3 nitrogen and oxygen atoms in total. The Hall–Kier alpha value is -2.69. The van der Waals surface area contributed by atoms with Gasteiger partial charge in [0.1, 0.15) is 17.4 Å². The van der Waals surface area contributed by atoms with Gasteiger partial charge in [0.05, 0.1) is 12.3 Å². The van der Waals surface area contributed by atoms with E-state index in [9.17, 15) is 13.6 Å². The number of unbranched alkanes of at least 4 members (excludes halogenated alkanes) is 1. The van der Waals surface area contributed by atoms with Crippen LogP contribution in [0, 0.1) is 11.6 Å². The molecule has 0 aliphatic carbocycles. The first kappa shape index (κ1) is 17.7. The van der Waals surface area contributed by atoms with Crippen molar-refractivity contribution in [2.75, 3.05) is 11.9 Å². The van der Waals surface area contributed by atoms with Crippen molar-refractivity contribution in [1.82, 2.24) is 0 Å². The van der Waals surface area contributed by atoms with Crippen LogP contribution >= 0.6 is 0 Å². The lowest BCUT2D eigenvalue weighted by atomic mass is 10.1. The second kappa shape index (κ2) is 8.82. The summed E-state index contributed by atoms with van der Waals surface area (Å²) in [6.45, 7) is 2.73. The largest absolute Gasteiger partial charge is 0.494 e. The molecule has 0 heterocycles. The third-order valence-corrected chi connectivity index (χ3v) is 3.31. The maximum atomic E-state index is 13.4. The van der Waals surface area contributed by atoms with Crippen LogP contribution < -0.4 is 10.1 Å². The van der Waals surface area contributed by atoms with Crippen LogP contribution in [-0.2, 0) is 0 Å². The zero-order chi connectivity index (χ0) is 17.4. The summed E-state index contributed by atoms with van der Waals surface area (Å²) in [6.07, 6.45) is 4.58. The van der Waals surface area contributed by atoms with Crippen LogP contribution in [0.15, 0.2) is 54.7 Å². The van der Waals surface area contributed by atoms with Crippen LogP contribution in [-0.4, -0.2) is 12.4 Å². The second-order valence-corrected chi connectivity index (χ2v) is 5.19. The molecule has 2 rings (SSSR count). The average Bonchev–Trinajstić information content (AvgIpc) is 2.58. The van der Waals surface area contributed by atoms with E-state index in [1.54, 1.807) is 24.3 Å². The van der Waals surface area contributed by atoms with E-state index < -0.39 is 11.6 Å². The van der Waals surface area contributed by atoms with Gasteiger partial charge in [-0.25, -0.2) is 8.78 Å². The van der Waals surface area contributed by atoms with Gasteiger partial charge in [0.25, 0.3) is 0 Å². The Balaban J connectivity index is 1.93. The van der Waals surface area contributed by atoms with Crippen molar-refractivity contribution >= 4 is 11.5 Å². The smallest absolute Gasteiger partial charge is 0.187 e. The minimum absolute atomic E-state index is 0.0290. The van der Waals surface area contributed by atoms with E-state index in [1.807, 2.05) is 0 Å². The van der Waals surface area contributed by atoms with Crippen LogP contribution in [0.1, 0.15) is 30.1 Å². The van der Waals surface area contributed by atoms with Crippen molar-refractivity contribution in [3.63, 3.8) is 0 Å². The molecule has 0 unspecified atom stereocenters. The maximum Gasteiger partial charge on any atom is 0.187 e. The van der Waals surface area contributed by atoms with E-state index in [2.05, 4.69) is 12.2 Å². The lowest BCUT2D eigenvalue weighted by Crippen LogP contribution is -1.99. The molecule has 0 atom stereocenters. The van der Waals surface area contributed by atoms with E-state index in [0.29, 0.717) is 17.9 Å². The third kappa shape index (κ3) is 5.19. The summed E-state index contributed by atoms with van der Waals surface area (Å²) in [6, 6.07) is 9.86. The molecule has 0 saturated heterocycles. The number of hydrogen-bond acceptors (Lipinski definition) is 3. The number of carbonyl (C=O) groups is 1. The molecular weight excluding hydrogens is 312 g/mol. The summed E-state index contributed by atoms with van der Waals surface area (Å²) in [5.74, 6) is -0.692. The van der Waals surface area contributed by atoms with Crippen molar-refractivity contribution in [1.29, 1.82) is 0 Å². The minimum Gasteiger partial charge on any atom is -0.494 e. The first-order valence-electron chi connectivity index (χ1n) is 7.75. The number of ether oxygens (including phenoxy) is 1. The summed E-state index contributed by atoms with van der Waals surface area (Å²) in [5.41, 5.74) is 0.453. The van der Waals surface area contributed by atoms with Gasteiger partial charge in [0.2, 0.25) is 0 Å². The number of benzene rings is 2. The van der Waals surface area contributed by atoms with Gasteiger partial charge in [-0.3, -0.25) is 4.79 Å². The number of anilines is 1. The molecule has 2 aromatic rings. The van der Waals surface area contributed by atoms with Crippen molar-refractivity contribution in [2.24, 2.45) is 0 Å². The number of rotatable bonds is 8. The van der Waals surface area contributed by atoms with Gasteiger partial charge in [-0.1, -0.05) is 13.3 Å². The lowest BCUT2D eigenvalue weighted by molar-refractivity contribution is 0.104. The molecule has 0 bridgehead atoms. The van der Waals surface area contributed by atoms with E-state index in [0.717, 1.165) is 31.0 Å². The Morgan fingerprint density at radius 1 is 1.17 bits per heavy atom. The lowest BCUT2D eigenvalue weighted by Gasteiger charge is -2.05. The number of ketones is 1. The molecule has 0 saturated carbocycles. The Labute approximate surface area is 140 Å². The predicted molar refractivity (Wildman–Crippen MR) is 90.3 cm³/mol. The fourth-order valence-corrected chi connectivity index (χ4v) is 1.96. The monoisotopic (exact) mass is 331 g/mol. The highest BCUT2D eigenvalue weighted by Gasteiger charge is 2.04. The van der Waals surface area contributed by atoms with Gasteiger partial charge in [-0.05, 0) is 42.8 Å². The molecule has 1 N–H and O–H groups in total. The zero-order valence-corrected chi connectivity index (χ0v) is 13.4. The molecule has 0 aliphatic rings. The standard InChI is InChI=1S/C19H19F2NO2/c1-2-3-12-24-16-7-4-14(5-8-16)19(23)10-11-22-18-13-15(20)6-9-17(18)21/h4-11,13,22H,2-3,12H2,1H3/b11-10+. The molecule has 24 heavy (non-hydrogen) atoms. The Bertz CT molecular complexity index is 712. The van der Waals surface area contributed by atoms with Crippen LogP contribution in [0.4, 0.5) is 14.5 Å². The van der Waals surface area contributed by atoms with Gasteiger partial charge in [-0.2, -0.15) is 0 Å². The molecule has 0 aliphatic heterocycles. The molecule has 0 radical (unpaired) electrons. The molecule has 5 heteroatoms. The van der Waals surface area contributed by atoms with Gasteiger partial charge in [0.15, 0.2) is 5.78 Å². The fourth-order valence-electron chi connectivity index (χ4n) is 1.96. The molecule has 126 valence electrons. The molecule has 0 amide bonds. The van der Waals surface area contributed by atoms with Gasteiger partial charge >= 0.3 is 0 Å². The molecule has 0 spiro atoms. The molecular formula is C19H19F2NO2. The van der Waals surface area contributed by atoms with Crippen LogP contribution in [0.3, 0.4) is 0 Å². The predicted octanol–water partition coefficient (Wildman–Crippen LogP) is 4.95. The van der Waals surface area contributed by atoms with E-state index >= 15 is 0 Å². The quantitative estimate of drug-likeness (QED) is 0.422. The van der Waals surface area contributed by atoms with Crippen LogP contribution in [0.2, 0.25) is 0 Å². The van der Waals surface area contributed by atoms with Crippen molar-refractivity contribution in [3.05, 3.63) is 71.9 Å². The first-order valence-corrected chi connectivity index (χ1v) is 7.75. The highest BCUT2D eigenvalue weighted by molar-refractivity contribution is 6.04. The first-order chi connectivity index (χ1) is 11.6. The van der Waals surface area contributed by atoms with E-state index in [4.69, 9.17) is 4.74 Å². The number of hydrogen-bond donors (Lipinski definition) is 1. The summed E-state index contributed by atoms with van der Waals surface area (Å²) in [4.78, 5) is 12.0. The number of carbonyl (C=O) groups excluding carboxylic acids is 1. The molecule has 2 aromatic carbocycles.